The Kier molecular flexibility index (Phi) is 8.01. The maximum atomic E-state index is 13.5. The molecule has 0 fully saturated rings. The number of rotatable bonds is 12. The summed E-state index contributed by atoms with van der Waals surface area (Å²) in [6.45, 7) is 6.24. The highest BCUT2D eigenvalue weighted by Gasteiger charge is 2.43. The van der Waals surface area contributed by atoms with Crippen LogP contribution in [0.25, 0.3) is 22.3 Å². The lowest BCUT2D eigenvalue weighted by atomic mass is 9.77. The second-order valence-electron chi connectivity index (χ2n) is 10.8. The zero-order chi connectivity index (χ0) is 28.4. The van der Waals surface area contributed by atoms with Gasteiger partial charge in [-0.05, 0) is 56.4 Å². The third-order valence-electron chi connectivity index (χ3n) is 8.27. The fourth-order valence-corrected chi connectivity index (χ4v) is 6.00. The highest BCUT2D eigenvalue weighted by Crippen LogP contribution is 2.40. The van der Waals surface area contributed by atoms with Gasteiger partial charge < -0.3 is 19.5 Å². The normalized spacial score (nSPS) is 17.4. The van der Waals surface area contributed by atoms with Gasteiger partial charge >= 0.3 is 0 Å². The number of allylic oxidation sites excluding steroid dienone is 1. The first-order valence-corrected chi connectivity index (χ1v) is 14.2. The van der Waals surface area contributed by atoms with Gasteiger partial charge in [0.25, 0.3) is 5.56 Å². The van der Waals surface area contributed by atoms with Gasteiger partial charge in [0.2, 0.25) is 0 Å². The molecule has 0 spiro atoms. The smallest absolute Gasteiger partial charge is 0.254 e. The molecule has 2 aliphatic rings. The van der Waals surface area contributed by atoms with Crippen LogP contribution in [0, 0.1) is 0 Å². The van der Waals surface area contributed by atoms with Gasteiger partial charge in [-0.25, -0.2) is 4.98 Å². The highest BCUT2D eigenvalue weighted by atomic mass is 16.5. The standard InChI is InChI=1S/C32H36N2O6/c1-3-9-22-24-16-20-18-34-27(17-25-23(31(34)38)11-14-29(37)32(25,39)4-2)30(20)33-26(24)12-13-28(22)40-15-8-6-5-7-10-21(36)19-35/h3,12-13,16-17,35,39H,1,4-11,14-15,18-19H2,2H3/t32-/m0/s1. The molecule has 40 heavy (non-hydrogen) atoms. The van der Waals surface area contributed by atoms with Crippen LogP contribution in [0.15, 0.2) is 41.7 Å². The van der Waals surface area contributed by atoms with Crippen molar-refractivity contribution in [2.45, 2.75) is 76.9 Å². The van der Waals surface area contributed by atoms with Crippen molar-refractivity contribution < 1.29 is 24.5 Å². The Labute approximate surface area is 233 Å². The van der Waals surface area contributed by atoms with Crippen LogP contribution in [0.2, 0.25) is 0 Å². The molecule has 1 aromatic carbocycles. The molecule has 5 rings (SSSR count). The Morgan fingerprint density at radius 1 is 1.18 bits per heavy atom. The number of hydrogen-bond donors (Lipinski definition) is 2. The molecule has 8 heteroatoms. The van der Waals surface area contributed by atoms with E-state index >= 15 is 0 Å². The summed E-state index contributed by atoms with van der Waals surface area (Å²) in [5.74, 6) is 0.418. The Morgan fingerprint density at radius 3 is 2.73 bits per heavy atom. The number of aliphatic hydroxyl groups excluding tert-OH is 1. The number of pyridine rings is 2. The minimum atomic E-state index is -1.64. The number of Topliss-reactive ketones (excluding diaryl/α,β-unsaturated/α-hetero) is 2. The van der Waals surface area contributed by atoms with Crippen molar-refractivity contribution >= 4 is 22.5 Å². The first-order valence-electron chi connectivity index (χ1n) is 14.2. The molecule has 0 unspecified atom stereocenters. The SMILES string of the molecule is C=CCc1c(OCCCCCCC(=O)CO)ccc2nc3c(cc12)Cn1c-3cc2c(c1=O)CCC(=O)[C@]2(O)CC. The summed E-state index contributed by atoms with van der Waals surface area (Å²) in [5.41, 5.74) is 3.16. The molecule has 1 atom stereocenters. The summed E-state index contributed by atoms with van der Waals surface area (Å²) in [6, 6.07) is 7.71. The van der Waals surface area contributed by atoms with Crippen molar-refractivity contribution in [3.05, 3.63) is 69.5 Å². The van der Waals surface area contributed by atoms with Gasteiger partial charge in [-0.1, -0.05) is 25.8 Å². The maximum Gasteiger partial charge on any atom is 0.254 e. The van der Waals surface area contributed by atoms with Crippen molar-refractivity contribution in [3.63, 3.8) is 0 Å². The Balaban J connectivity index is 1.42. The van der Waals surface area contributed by atoms with Crippen molar-refractivity contribution in [1.29, 1.82) is 0 Å². The Bertz CT molecular complexity index is 1560. The van der Waals surface area contributed by atoms with E-state index in [0.717, 1.165) is 53.5 Å². The van der Waals surface area contributed by atoms with E-state index in [1.807, 2.05) is 18.2 Å². The molecule has 3 heterocycles. The van der Waals surface area contributed by atoms with Crippen LogP contribution in [0.4, 0.5) is 0 Å². The molecule has 0 bridgehead atoms. The van der Waals surface area contributed by atoms with Gasteiger partial charge in [-0.2, -0.15) is 0 Å². The highest BCUT2D eigenvalue weighted by molar-refractivity contribution is 5.92. The lowest BCUT2D eigenvalue weighted by molar-refractivity contribution is -0.140. The van der Waals surface area contributed by atoms with Crippen LogP contribution >= 0.6 is 0 Å². The van der Waals surface area contributed by atoms with Gasteiger partial charge in [0.1, 0.15) is 18.0 Å². The summed E-state index contributed by atoms with van der Waals surface area (Å²) in [5, 5.41) is 21.0. The van der Waals surface area contributed by atoms with Gasteiger partial charge in [0.15, 0.2) is 11.6 Å². The molecular formula is C32H36N2O6. The van der Waals surface area contributed by atoms with Crippen molar-refractivity contribution in [2.75, 3.05) is 13.2 Å². The second-order valence-corrected chi connectivity index (χ2v) is 10.8. The minimum Gasteiger partial charge on any atom is -0.493 e. The zero-order valence-electron chi connectivity index (χ0n) is 23.0. The molecule has 8 nitrogen and oxygen atoms in total. The van der Waals surface area contributed by atoms with Crippen LogP contribution < -0.4 is 10.3 Å². The number of ketones is 2. The molecule has 1 aliphatic heterocycles. The first kappa shape index (κ1) is 27.9. The van der Waals surface area contributed by atoms with E-state index in [1.54, 1.807) is 17.6 Å². The topological polar surface area (TPSA) is 119 Å². The van der Waals surface area contributed by atoms with E-state index in [1.165, 1.54) is 0 Å². The monoisotopic (exact) mass is 544 g/mol. The number of unbranched alkanes of at least 4 members (excludes halogenated alkanes) is 3. The van der Waals surface area contributed by atoms with E-state index < -0.39 is 5.60 Å². The number of fused-ring (bicyclic) bond motifs is 5. The number of carbonyl (C=O) groups is 2. The van der Waals surface area contributed by atoms with Crippen molar-refractivity contribution in [1.82, 2.24) is 9.55 Å². The third-order valence-corrected chi connectivity index (χ3v) is 8.27. The summed E-state index contributed by atoms with van der Waals surface area (Å²) in [7, 11) is 0. The predicted molar refractivity (Wildman–Crippen MR) is 153 cm³/mol. The van der Waals surface area contributed by atoms with Gasteiger partial charge in [-0.15, -0.1) is 6.58 Å². The number of carbonyl (C=O) groups excluding carboxylic acids is 2. The fourth-order valence-electron chi connectivity index (χ4n) is 6.00. The average Bonchev–Trinajstić information content (AvgIpc) is 3.32. The van der Waals surface area contributed by atoms with Crippen molar-refractivity contribution in [3.8, 4) is 17.1 Å². The summed E-state index contributed by atoms with van der Waals surface area (Å²) < 4.78 is 7.87. The average molecular weight is 545 g/mol. The van der Waals surface area contributed by atoms with Crippen LogP contribution in [0.3, 0.4) is 0 Å². The van der Waals surface area contributed by atoms with Gasteiger partial charge in [0, 0.05) is 40.5 Å². The van der Waals surface area contributed by atoms with Crippen LogP contribution in [0.1, 0.15) is 74.1 Å². The summed E-state index contributed by atoms with van der Waals surface area (Å²) in [4.78, 5) is 42.3. The molecule has 0 saturated carbocycles. The van der Waals surface area contributed by atoms with E-state index in [9.17, 15) is 19.5 Å². The molecule has 210 valence electrons. The fraction of sp³-hybridized carbons (Fsp3) is 0.438. The van der Waals surface area contributed by atoms with Crippen LogP contribution in [-0.2, 0) is 34.6 Å². The third kappa shape index (κ3) is 4.90. The number of ether oxygens (including phenoxy) is 1. The lowest BCUT2D eigenvalue weighted by Gasteiger charge is -2.32. The maximum absolute atomic E-state index is 13.5. The molecule has 1 aliphatic carbocycles. The first-order chi connectivity index (χ1) is 19.3. The zero-order valence-corrected chi connectivity index (χ0v) is 23.0. The Hall–Kier alpha value is -3.62. The van der Waals surface area contributed by atoms with Crippen LogP contribution in [0.5, 0.6) is 5.75 Å². The van der Waals surface area contributed by atoms with E-state index in [2.05, 4.69) is 12.6 Å². The van der Waals surface area contributed by atoms with Crippen LogP contribution in [-0.4, -0.2) is 44.5 Å². The number of benzene rings is 1. The Morgan fingerprint density at radius 2 is 1.98 bits per heavy atom. The molecule has 3 aromatic rings. The number of aromatic nitrogens is 2. The number of hydrogen-bond acceptors (Lipinski definition) is 7. The molecule has 0 saturated heterocycles. The van der Waals surface area contributed by atoms with E-state index in [-0.39, 0.29) is 36.6 Å². The second kappa shape index (κ2) is 11.5. The summed E-state index contributed by atoms with van der Waals surface area (Å²) >= 11 is 0. The summed E-state index contributed by atoms with van der Waals surface area (Å²) in [6.07, 6.45) is 7.06. The number of aliphatic hydroxyl groups is 2. The quantitative estimate of drug-likeness (QED) is 0.203. The van der Waals surface area contributed by atoms with E-state index in [4.69, 9.17) is 14.8 Å². The predicted octanol–water partition coefficient (Wildman–Crippen LogP) is 4.16. The number of nitrogens with zero attached hydrogens (tertiary/aromatic N) is 2. The molecule has 2 aromatic heterocycles. The largest absolute Gasteiger partial charge is 0.493 e. The molecular weight excluding hydrogens is 508 g/mol. The van der Waals surface area contributed by atoms with E-state index in [0.29, 0.717) is 54.9 Å². The molecule has 0 amide bonds. The van der Waals surface area contributed by atoms with Crippen molar-refractivity contribution in [2.24, 2.45) is 0 Å². The van der Waals surface area contributed by atoms with Gasteiger partial charge in [0.05, 0.1) is 30.1 Å². The lowest BCUT2D eigenvalue weighted by Crippen LogP contribution is -2.43. The minimum absolute atomic E-state index is 0.119. The molecule has 2 N–H and O–H groups in total. The molecule has 0 radical (unpaired) electrons. The van der Waals surface area contributed by atoms with Gasteiger partial charge in [-0.3, -0.25) is 14.4 Å².